The summed E-state index contributed by atoms with van der Waals surface area (Å²) in [5.41, 5.74) is 2.41. The molecule has 1 heterocycles. The number of para-hydroxylation sites is 1. The van der Waals surface area contributed by atoms with Crippen LogP contribution in [0.4, 0.5) is 10.1 Å². The topological polar surface area (TPSA) is 32.7 Å². The summed E-state index contributed by atoms with van der Waals surface area (Å²) in [5.74, 6) is -0.451. The third-order valence-corrected chi connectivity index (χ3v) is 3.41. The molecule has 100 valence electrons. The molecule has 20 heavy (non-hydrogen) atoms. The molecular formula is C16H13FN2O. The Morgan fingerprint density at radius 1 is 1.10 bits per heavy atom. The molecule has 1 amide bonds. The molecule has 0 aromatic heterocycles. The molecule has 2 aromatic carbocycles. The van der Waals surface area contributed by atoms with Crippen molar-refractivity contribution in [1.82, 2.24) is 0 Å². The maximum atomic E-state index is 13.0. The van der Waals surface area contributed by atoms with E-state index in [2.05, 4.69) is 4.99 Å². The van der Waals surface area contributed by atoms with E-state index in [0.717, 1.165) is 11.3 Å². The van der Waals surface area contributed by atoms with Gasteiger partial charge in [0.05, 0.1) is 5.69 Å². The summed E-state index contributed by atoms with van der Waals surface area (Å²) in [6, 6.07) is 12.8. The minimum absolute atomic E-state index is 0.127. The number of rotatable bonds is 1. The first-order valence-corrected chi connectivity index (χ1v) is 6.32. The van der Waals surface area contributed by atoms with Crippen molar-refractivity contribution in [1.29, 1.82) is 0 Å². The number of halogens is 1. The Hall–Kier alpha value is -2.49. The average molecular weight is 268 g/mol. The van der Waals surface area contributed by atoms with Gasteiger partial charge in [-0.05, 0) is 23.8 Å². The van der Waals surface area contributed by atoms with Crippen LogP contribution in [0.1, 0.15) is 17.2 Å². The number of anilines is 1. The number of benzodiazepines with no additional fused rings is 1. The van der Waals surface area contributed by atoms with E-state index in [-0.39, 0.29) is 11.7 Å². The van der Waals surface area contributed by atoms with Crippen molar-refractivity contribution in [3.63, 3.8) is 0 Å². The van der Waals surface area contributed by atoms with E-state index >= 15 is 0 Å². The van der Waals surface area contributed by atoms with E-state index in [1.807, 2.05) is 24.3 Å². The van der Waals surface area contributed by atoms with Gasteiger partial charge in [0.25, 0.3) is 5.91 Å². The number of hydrogen-bond donors (Lipinski definition) is 0. The fourth-order valence-corrected chi connectivity index (χ4v) is 2.30. The average Bonchev–Trinajstić information content (AvgIpc) is 2.59. The maximum Gasteiger partial charge on any atom is 0.256 e. The van der Waals surface area contributed by atoms with Crippen LogP contribution in [0.15, 0.2) is 53.5 Å². The van der Waals surface area contributed by atoms with Gasteiger partial charge in [-0.1, -0.05) is 30.3 Å². The molecule has 1 aliphatic heterocycles. The second kappa shape index (κ2) is 4.89. The first kappa shape index (κ1) is 12.5. The van der Waals surface area contributed by atoms with Gasteiger partial charge in [0.15, 0.2) is 6.04 Å². The van der Waals surface area contributed by atoms with Crippen molar-refractivity contribution < 1.29 is 9.18 Å². The van der Waals surface area contributed by atoms with E-state index in [1.165, 1.54) is 12.1 Å². The summed E-state index contributed by atoms with van der Waals surface area (Å²) in [6.45, 7) is 0. The van der Waals surface area contributed by atoms with Gasteiger partial charge in [0.1, 0.15) is 5.82 Å². The number of likely N-dealkylation sites (N-methyl/N-ethyl adjacent to an activating group) is 1. The minimum atomic E-state index is -0.631. The Labute approximate surface area is 116 Å². The fraction of sp³-hybridized carbons (Fsp3) is 0.125. The van der Waals surface area contributed by atoms with Crippen LogP contribution < -0.4 is 4.90 Å². The normalized spacial score (nSPS) is 17.8. The highest BCUT2D eigenvalue weighted by Crippen LogP contribution is 2.28. The van der Waals surface area contributed by atoms with Gasteiger partial charge >= 0.3 is 0 Å². The SMILES string of the molecule is CN1C(=O)C(c2ccc(F)cc2)N=Cc2ccccc21. The quantitative estimate of drug-likeness (QED) is 0.782. The number of hydrogen-bond acceptors (Lipinski definition) is 2. The summed E-state index contributed by atoms with van der Waals surface area (Å²) in [5, 5.41) is 0. The van der Waals surface area contributed by atoms with Crippen molar-refractivity contribution in [2.75, 3.05) is 11.9 Å². The lowest BCUT2D eigenvalue weighted by Gasteiger charge is -2.20. The number of amides is 1. The van der Waals surface area contributed by atoms with E-state index in [4.69, 9.17) is 0 Å². The van der Waals surface area contributed by atoms with Gasteiger partial charge in [-0.3, -0.25) is 9.79 Å². The maximum absolute atomic E-state index is 13.0. The molecule has 3 nitrogen and oxygen atoms in total. The van der Waals surface area contributed by atoms with E-state index in [0.29, 0.717) is 5.56 Å². The second-order valence-electron chi connectivity index (χ2n) is 4.69. The molecule has 0 radical (unpaired) electrons. The highest BCUT2D eigenvalue weighted by Gasteiger charge is 2.27. The second-order valence-corrected chi connectivity index (χ2v) is 4.69. The Balaban J connectivity index is 2.04. The standard InChI is InChI=1S/C16H13FN2O/c1-19-14-5-3-2-4-12(14)10-18-15(16(19)20)11-6-8-13(17)9-7-11/h2-10,15H,1H3. The van der Waals surface area contributed by atoms with Crippen molar-refractivity contribution in [3.8, 4) is 0 Å². The zero-order valence-corrected chi connectivity index (χ0v) is 11.0. The first-order valence-electron chi connectivity index (χ1n) is 6.32. The van der Waals surface area contributed by atoms with Crippen LogP contribution in [0.25, 0.3) is 0 Å². The van der Waals surface area contributed by atoms with Gasteiger partial charge < -0.3 is 4.90 Å². The molecule has 0 aliphatic carbocycles. The largest absolute Gasteiger partial charge is 0.313 e. The third-order valence-electron chi connectivity index (χ3n) is 3.41. The molecule has 0 fully saturated rings. The number of fused-ring (bicyclic) bond motifs is 1. The van der Waals surface area contributed by atoms with Gasteiger partial charge in [0, 0.05) is 18.8 Å². The zero-order chi connectivity index (χ0) is 14.1. The summed E-state index contributed by atoms with van der Waals surface area (Å²) in [7, 11) is 1.73. The van der Waals surface area contributed by atoms with Crippen molar-refractivity contribution in [3.05, 3.63) is 65.5 Å². The van der Waals surface area contributed by atoms with Crippen LogP contribution in [-0.2, 0) is 4.79 Å². The first-order chi connectivity index (χ1) is 9.66. The molecule has 1 unspecified atom stereocenters. The van der Waals surface area contributed by atoms with Crippen LogP contribution in [-0.4, -0.2) is 19.2 Å². The Morgan fingerprint density at radius 3 is 2.55 bits per heavy atom. The molecule has 0 saturated heterocycles. The third kappa shape index (κ3) is 2.09. The van der Waals surface area contributed by atoms with Crippen LogP contribution in [0.2, 0.25) is 0 Å². The van der Waals surface area contributed by atoms with Crippen LogP contribution in [0, 0.1) is 5.82 Å². The summed E-state index contributed by atoms with van der Waals surface area (Å²) < 4.78 is 13.0. The van der Waals surface area contributed by atoms with E-state index < -0.39 is 6.04 Å². The highest BCUT2D eigenvalue weighted by molar-refractivity contribution is 6.05. The lowest BCUT2D eigenvalue weighted by Crippen LogP contribution is -2.30. The van der Waals surface area contributed by atoms with E-state index in [9.17, 15) is 9.18 Å². The predicted octanol–water partition coefficient (Wildman–Crippen LogP) is 2.96. The number of carbonyl (C=O) groups excluding carboxylic acids is 1. The number of benzene rings is 2. The van der Waals surface area contributed by atoms with Gasteiger partial charge in [-0.15, -0.1) is 0 Å². The van der Waals surface area contributed by atoms with Crippen LogP contribution in [0.3, 0.4) is 0 Å². The lowest BCUT2D eigenvalue weighted by molar-refractivity contribution is -0.119. The van der Waals surface area contributed by atoms with Gasteiger partial charge in [0.2, 0.25) is 0 Å². The van der Waals surface area contributed by atoms with Crippen molar-refractivity contribution >= 4 is 17.8 Å². The summed E-state index contributed by atoms with van der Waals surface area (Å²) in [4.78, 5) is 18.5. The fourth-order valence-electron chi connectivity index (χ4n) is 2.30. The zero-order valence-electron chi connectivity index (χ0n) is 11.0. The highest BCUT2D eigenvalue weighted by atomic mass is 19.1. The molecule has 3 rings (SSSR count). The van der Waals surface area contributed by atoms with E-state index in [1.54, 1.807) is 30.3 Å². The Kier molecular flexibility index (Phi) is 3.06. The number of nitrogens with zero attached hydrogens (tertiary/aromatic N) is 2. The smallest absolute Gasteiger partial charge is 0.256 e. The molecular weight excluding hydrogens is 255 g/mol. The van der Waals surface area contributed by atoms with Crippen LogP contribution in [0.5, 0.6) is 0 Å². The van der Waals surface area contributed by atoms with Crippen LogP contribution >= 0.6 is 0 Å². The van der Waals surface area contributed by atoms with Crippen molar-refractivity contribution in [2.24, 2.45) is 4.99 Å². The molecule has 0 saturated carbocycles. The van der Waals surface area contributed by atoms with Gasteiger partial charge in [-0.25, -0.2) is 4.39 Å². The molecule has 0 N–H and O–H groups in total. The van der Waals surface area contributed by atoms with Gasteiger partial charge in [-0.2, -0.15) is 0 Å². The molecule has 0 spiro atoms. The molecule has 0 bridgehead atoms. The number of aliphatic imine (C=N–C) groups is 1. The Morgan fingerprint density at radius 2 is 1.80 bits per heavy atom. The summed E-state index contributed by atoms with van der Waals surface area (Å²) >= 11 is 0. The lowest BCUT2D eigenvalue weighted by atomic mass is 10.1. The molecule has 1 aliphatic rings. The molecule has 2 aromatic rings. The predicted molar refractivity (Wildman–Crippen MR) is 76.6 cm³/mol. The Bertz CT molecular complexity index is 679. The van der Waals surface area contributed by atoms with Crippen molar-refractivity contribution in [2.45, 2.75) is 6.04 Å². The monoisotopic (exact) mass is 268 g/mol. The molecule has 4 heteroatoms. The number of carbonyl (C=O) groups is 1. The summed E-state index contributed by atoms with van der Waals surface area (Å²) in [6.07, 6.45) is 1.70. The molecule has 1 atom stereocenters. The minimum Gasteiger partial charge on any atom is -0.313 e.